The normalized spacial score (nSPS) is 14.3. The smallest absolute Gasteiger partial charge is 0.321 e. The van der Waals surface area contributed by atoms with E-state index in [0.29, 0.717) is 11.3 Å². The summed E-state index contributed by atoms with van der Waals surface area (Å²) in [5.41, 5.74) is 2.94. The molecule has 0 atom stereocenters. The van der Waals surface area contributed by atoms with Crippen molar-refractivity contribution in [3.05, 3.63) is 60.6 Å². The van der Waals surface area contributed by atoms with Gasteiger partial charge < -0.3 is 9.30 Å². The summed E-state index contributed by atoms with van der Waals surface area (Å²) >= 11 is 0. The van der Waals surface area contributed by atoms with Crippen LogP contribution in [0.25, 0.3) is 22.2 Å². The third-order valence-corrected chi connectivity index (χ3v) is 8.45. The Kier molecular flexibility index (Phi) is 5.88. The minimum atomic E-state index is -3.60. The number of hydrogen-bond donors (Lipinski definition) is 1. The summed E-state index contributed by atoms with van der Waals surface area (Å²) in [6.45, 7) is 4.88. The number of fused-ring (bicyclic) bond motifs is 1. The first kappa shape index (κ1) is 23.8. The fraction of sp³-hybridized carbons (Fsp3) is 0.308. The van der Waals surface area contributed by atoms with E-state index in [-0.39, 0.29) is 17.9 Å². The van der Waals surface area contributed by atoms with Crippen molar-refractivity contribution in [1.82, 2.24) is 19.5 Å². The Morgan fingerprint density at radius 3 is 2.44 bits per heavy atom. The fourth-order valence-corrected chi connectivity index (χ4v) is 4.81. The van der Waals surface area contributed by atoms with Crippen molar-refractivity contribution in [2.75, 3.05) is 4.72 Å². The average molecular weight is 503 g/mol. The average Bonchev–Trinajstić information content (AvgIpc) is 3.11. The van der Waals surface area contributed by atoms with Gasteiger partial charge in [0, 0.05) is 41.6 Å². The highest BCUT2D eigenvalue weighted by Gasteiger charge is 2.30. The van der Waals surface area contributed by atoms with Crippen LogP contribution in [0.5, 0.6) is 11.8 Å². The number of nitrogens with one attached hydrogen (secondary N) is 1. The molecular weight excluding hydrogens is 476 g/mol. The Morgan fingerprint density at radius 1 is 1.11 bits per heavy atom. The van der Waals surface area contributed by atoms with E-state index < -0.39 is 14.8 Å². The van der Waals surface area contributed by atoms with E-state index in [2.05, 4.69) is 30.3 Å². The number of ether oxygens (including phenoxy) is 1. The van der Waals surface area contributed by atoms with Crippen LogP contribution in [-0.4, -0.2) is 32.7 Å². The monoisotopic (exact) mass is 502 g/mol. The van der Waals surface area contributed by atoms with Gasteiger partial charge >= 0.3 is 6.01 Å². The summed E-state index contributed by atoms with van der Waals surface area (Å²) in [6, 6.07) is 13.6. The van der Waals surface area contributed by atoms with Crippen LogP contribution in [0, 0.1) is 11.3 Å². The summed E-state index contributed by atoms with van der Waals surface area (Å²) in [5, 5.41) is 11.0. The topological polar surface area (TPSA) is 123 Å². The molecule has 3 heterocycles. The molecule has 0 radical (unpaired) electrons. The highest BCUT2D eigenvalue weighted by atomic mass is 32.2. The third-order valence-electron chi connectivity index (χ3n) is 6.36. The molecule has 0 aliphatic heterocycles. The van der Waals surface area contributed by atoms with Crippen molar-refractivity contribution in [3.63, 3.8) is 0 Å². The second-order valence-corrected chi connectivity index (χ2v) is 12.2. The summed E-state index contributed by atoms with van der Waals surface area (Å²) < 4.78 is 34.7. The predicted octanol–water partition coefficient (Wildman–Crippen LogP) is 5.42. The molecule has 36 heavy (non-hydrogen) atoms. The van der Waals surface area contributed by atoms with Gasteiger partial charge in [-0.2, -0.15) is 5.26 Å². The van der Waals surface area contributed by atoms with Crippen LogP contribution in [0.4, 0.5) is 5.82 Å². The fourth-order valence-electron chi connectivity index (χ4n) is 4.10. The Hall–Kier alpha value is -3.97. The number of nitrogens with zero attached hydrogens (tertiary/aromatic N) is 5. The SMILES string of the molecule is CC(C)(C)S(=O)(=O)Nc1ccc(-c2c(C#N)c3ccc(Oc4ncccn4)cc3n2C2CCC2)cn1. The summed E-state index contributed by atoms with van der Waals surface area (Å²) in [6.07, 6.45) is 7.96. The zero-order valence-corrected chi connectivity index (χ0v) is 21.1. The zero-order valence-electron chi connectivity index (χ0n) is 20.3. The van der Waals surface area contributed by atoms with Crippen molar-refractivity contribution in [3.8, 4) is 29.1 Å². The summed E-state index contributed by atoms with van der Waals surface area (Å²) in [4.78, 5) is 12.6. The first-order valence-electron chi connectivity index (χ1n) is 11.7. The number of aromatic nitrogens is 4. The molecule has 5 rings (SSSR count). The molecule has 1 saturated carbocycles. The largest absolute Gasteiger partial charge is 0.424 e. The lowest BCUT2D eigenvalue weighted by molar-refractivity contribution is 0.324. The molecule has 9 nitrogen and oxygen atoms in total. The minimum Gasteiger partial charge on any atom is -0.424 e. The van der Waals surface area contributed by atoms with Gasteiger partial charge in [0.15, 0.2) is 0 Å². The minimum absolute atomic E-state index is 0.233. The quantitative estimate of drug-likeness (QED) is 0.373. The molecule has 0 amide bonds. The van der Waals surface area contributed by atoms with E-state index in [1.54, 1.807) is 63.6 Å². The lowest BCUT2D eigenvalue weighted by Gasteiger charge is -2.30. The Bertz CT molecular complexity index is 1560. The first-order chi connectivity index (χ1) is 17.2. The van der Waals surface area contributed by atoms with Crippen LogP contribution < -0.4 is 9.46 Å². The standard InChI is InChI=1S/C26H26N6O3S/c1-26(2,3)36(33,34)31-23-11-8-17(16-30-23)24-21(15-27)20-10-9-19(35-25-28-12-5-13-29-25)14-22(20)32(24)18-6-4-7-18/h5,8-14,16,18H,4,6-7H2,1-3H3,(H,30,31). The van der Waals surface area contributed by atoms with Crippen LogP contribution >= 0.6 is 0 Å². The number of hydrogen-bond acceptors (Lipinski definition) is 7. The van der Waals surface area contributed by atoms with Gasteiger partial charge in [0.25, 0.3) is 0 Å². The highest BCUT2D eigenvalue weighted by Crippen LogP contribution is 2.43. The van der Waals surface area contributed by atoms with Gasteiger partial charge in [0.1, 0.15) is 17.6 Å². The van der Waals surface area contributed by atoms with Crippen molar-refractivity contribution in [2.24, 2.45) is 0 Å². The first-order valence-corrected chi connectivity index (χ1v) is 13.2. The van der Waals surface area contributed by atoms with Gasteiger partial charge in [-0.15, -0.1) is 0 Å². The second kappa shape index (κ2) is 8.91. The van der Waals surface area contributed by atoms with Crippen LogP contribution in [0.1, 0.15) is 51.6 Å². The highest BCUT2D eigenvalue weighted by molar-refractivity contribution is 7.94. The zero-order chi connectivity index (χ0) is 25.5. The van der Waals surface area contributed by atoms with Crippen molar-refractivity contribution in [2.45, 2.75) is 50.8 Å². The molecule has 0 unspecified atom stereocenters. The van der Waals surface area contributed by atoms with Gasteiger partial charge in [-0.05, 0) is 70.4 Å². The van der Waals surface area contributed by atoms with Crippen LogP contribution in [0.2, 0.25) is 0 Å². The molecule has 3 aromatic heterocycles. The van der Waals surface area contributed by atoms with E-state index in [9.17, 15) is 13.7 Å². The maximum Gasteiger partial charge on any atom is 0.321 e. The Balaban J connectivity index is 1.59. The van der Waals surface area contributed by atoms with E-state index >= 15 is 0 Å². The maximum absolute atomic E-state index is 12.5. The van der Waals surface area contributed by atoms with Crippen LogP contribution in [0.15, 0.2) is 55.0 Å². The summed E-state index contributed by atoms with van der Waals surface area (Å²) in [5.74, 6) is 0.810. The van der Waals surface area contributed by atoms with Gasteiger partial charge in [-0.25, -0.2) is 23.4 Å². The van der Waals surface area contributed by atoms with E-state index in [0.717, 1.165) is 41.4 Å². The Labute approximate surface area is 209 Å². The van der Waals surface area contributed by atoms with Crippen molar-refractivity contribution >= 4 is 26.7 Å². The molecule has 10 heteroatoms. The lowest BCUT2D eigenvalue weighted by atomic mass is 9.92. The number of benzene rings is 1. The second-order valence-electron chi connectivity index (χ2n) is 9.75. The maximum atomic E-state index is 12.5. The molecule has 0 bridgehead atoms. The molecule has 0 spiro atoms. The molecule has 1 fully saturated rings. The summed E-state index contributed by atoms with van der Waals surface area (Å²) in [7, 11) is -3.60. The van der Waals surface area contributed by atoms with Crippen molar-refractivity contribution < 1.29 is 13.2 Å². The van der Waals surface area contributed by atoms with E-state index in [1.807, 2.05) is 12.1 Å². The molecule has 184 valence electrons. The number of sulfonamides is 1. The molecule has 1 aliphatic rings. The van der Waals surface area contributed by atoms with Crippen molar-refractivity contribution in [1.29, 1.82) is 5.26 Å². The van der Waals surface area contributed by atoms with Crippen LogP contribution in [0.3, 0.4) is 0 Å². The van der Waals surface area contributed by atoms with Crippen LogP contribution in [-0.2, 0) is 10.0 Å². The molecule has 1 N–H and O–H groups in total. The molecule has 1 aliphatic carbocycles. The number of anilines is 1. The lowest BCUT2D eigenvalue weighted by Crippen LogP contribution is -2.33. The van der Waals surface area contributed by atoms with E-state index in [4.69, 9.17) is 4.74 Å². The molecule has 0 saturated heterocycles. The number of rotatable bonds is 6. The van der Waals surface area contributed by atoms with Gasteiger partial charge in [0.05, 0.1) is 21.5 Å². The number of nitriles is 1. The van der Waals surface area contributed by atoms with E-state index in [1.165, 1.54) is 0 Å². The third kappa shape index (κ3) is 4.27. The van der Waals surface area contributed by atoms with Gasteiger partial charge in [-0.3, -0.25) is 4.72 Å². The molecular formula is C26H26N6O3S. The molecule has 1 aromatic carbocycles. The predicted molar refractivity (Wildman–Crippen MR) is 137 cm³/mol. The number of pyridine rings is 1. The molecule has 4 aromatic rings. The van der Waals surface area contributed by atoms with Gasteiger partial charge in [0.2, 0.25) is 10.0 Å². The Morgan fingerprint density at radius 2 is 1.86 bits per heavy atom. The van der Waals surface area contributed by atoms with Gasteiger partial charge in [-0.1, -0.05) is 0 Å².